The molecule has 1 saturated carbocycles. The molecule has 1 fully saturated rings. The van der Waals surface area contributed by atoms with Gasteiger partial charge >= 0.3 is 0 Å². The molecule has 5 rings (SSSR count). The number of anilines is 1. The molecule has 0 saturated heterocycles. The van der Waals surface area contributed by atoms with Gasteiger partial charge in [-0.15, -0.1) is 5.10 Å². The first-order valence-corrected chi connectivity index (χ1v) is 13.0. The second-order valence-electron chi connectivity index (χ2n) is 8.85. The number of rotatable bonds is 7. The van der Waals surface area contributed by atoms with Crippen LogP contribution < -0.4 is 10.2 Å². The molecule has 2 heterocycles. The van der Waals surface area contributed by atoms with Gasteiger partial charge in [-0.1, -0.05) is 78.3 Å². The van der Waals surface area contributed by atoms with E-state index in [9.17, 15) is 9.59 Å². The number of nitrogens with one attached hydrogen (secondary N) is 1. The van der Waals surface area contributed by atoms with Gasteiger partial charge in [0.15, 0.2) is 11.7 Å². The minimum atomic E-state index is -0.979. The molecule has 8 heteroatoms. The first kappa shape index (κ1) is 23.8. The smallest absolute Gasteiger partial charge is 0.280 e. The SMILES string of the molecule is O=C(NC1CCCCC1)[C@@H](c1ccccn1)N(C(=O)c1csnn1)c1ccccc1-c1ccccc1. The lowest BCUT2D eigenvalue weighted by Crippen LogP contribution is -2.47. The fourth-order valence-electron chi connectivity index (χ4n) is 4.74. The van der Waals surface area contributed by atoms with Gasteiger partial charge in [-0.3, -0.25) is 19.5 Å². The van der Waals surface area contributed by atoms with Crippen LogP contribution in [0, 0.1) is 0 Å². The van der Waals surface area contributed by atoms with Crippen LogP contribution in [0.4, 0.5) is 5.69 Å². The molecule has 0 radical (unpaired) electrons. The fourth-order valence-corrected chi connectivity index (χ4v) is 5.17. The number of hydrogen-bond donors (Lipinski definition) is 1. The summed E-state index contributed by atoms with van der Waals surface area (Å²) in [6.07, 6.45) is 6.87. The summed E-state index contributed by atoms with van der Waals surface area (Å²) in [4.78, 5) is 34.0. The van der Waals surface area contributed by atoms with Crippen molar-refractivity contribution < 1.29 is 9.59 Å². The van der Waals surface area contributed by atoms with E-state index >= 15 is 0 Å². The van der Waals surface area contributed by atoms with E-state index in [4.69, 9.17) is 0 Å². The first-order chi connectivity index (χ1) is 17.7. The van der Waals surface area contributed by atoms with Crippen LogP contribution in [-0.2, 0) is 4.79 Å². The van der Waals surface area contributed by atoms with Gasteiger partial charge < -0.3 is 5.32 Å². The van der Waals surface area contributed by atoms with Gasteiger partial charge in [0.1, 0.15) is 0 Å². The van der Waals surface area contributed by atoms with E-state index in [0.29, 0.717) is 11.4 Å². The van der Waals surface area contributed by atoms with Crippen molar-refractivity contribution in [1.29, 1.82) is 0 Å². The summed E-state index contributed by atoms with van der Waals surface area (Å²) in [5, 5.41) is 8.87. The molecule has 2 aromatic carbocycles. The predicted octanol–water partition coefficient (Wildman–Crippen LogP) is 5.44. The van der Waals surface area contributed by atoms with Gasteiger partial charge in [-0.2, -0.15) is 0 Å². The third-order valence-corrected chi connectivity index (χ3v) is 6.98. The molecule has 1 atom stereocenters. The van der Waals surface area contributed by atoms with Crippen molar-refractivity contribution in [2.24, 2.45) is 0 Å². The summed E-state index contributed by atoms with van der Waals surface area (Å²) >= 11 is 1.10. The molecule has 0 bridgehead atoms. The number of para-hydroxylation sites is 1. The fraction of sp³-hybridized carbons (Fsp3) is 0.250. The number of carbonyl (C=O) groups excluding carboxylic acids is 2. The van der Waals surface area contributed by atoms with E-state index < -0.39 is 11.9 Å². The molecule has 1 N–H and O–H groups in total. The largest absolute Gasteiger partial charge is 0.351 e. The van der Waals surface area contributed by atoms with Gasteiger partial charge in [0.2, 0.25) is 5.91 Å². The molecular formula is C28H27N5O2S. The highest BCUT2D eigenvalue weighted by Crippen LogP contribution is 2.37. The average Bonchev–Trinajstić information content (AvgIpc) is 3.48. The Kier molecular flexibility index (Phi) is 7.42. The van der Waals surface area contributed by atoms with Crippen LogP contribution in [0.3, 0.4) is 0 Å². The molecule has 36 heavy (non-hydrogen) atoms. The molecule has 7 nitrogen and oxygen atoms in total. The molecule has 2 aromatic heterocycles. The zero-order chi connectivity index (χ0) is 24.7. The van der Waals surface area contributed by atoms with E-state index in [-0.39, 0.29) is 17.6 Å². The van der Waals surface area contributed by atoms with Crippen molar-refractivity contribution in [2.75, 3.05) is 4.90 Å². The molecule has 0 spiro atoms. The number of amides is 2. The maximum atomic E-state index is 14.0. The van der Waals surface area contributed by atoms with Crippen molar-refractivity contribution in [1.82, 2.24) is 19.9 Å². The Morgan fingerprint density at radius 1 is 0.917 bits per heavy atom. The maximum absolute atomic E-state index is 14.0. The molecule has 182 valence electrons. The van der Waals surface area contributed by atoms with Crippen molar-refractivity contribution >= 4 is 29.0 Å². The normalized spacial score (nSPS) is 14.7. The Morgan fingerprint density at radius 2 is 1.67 bits per heavy atom. The third-order valence-electron chi connectivity index (χ3n) is 6.47. The lowest BCUT2D eigenvalue weighted by Gasteiger charge is -2.33. The van der Waals surface area contributed by atoms with Gasteiger partial charge in [0.25, 0.3) is 5.91 Å². The number of benzene rings is 2. The quantitative estimate of drug-likeness (QED) is 0.367. The van der Waals surface area contributed by atoms with E-state index in [1.807, 2.05) is 60.7 Å². The monoisotopic (exact) mass is 497 g/mol. The molecule has 0 unspecified atom stereocenters. The predicted molar refractivity (Wildman–Crippen MR) is 141 cm³/mol. The van der Waals surface area contributed by atoms with Crippen LogP contribution >= 0.6 is 11.5 Å². The van der Waals surface area contributed by atoms with E-state index in [1.54, 1.807) is 23.7 Å². The Hall–Kier alpha value is -3.91. The number of pyridine rings is 1. The summed E-state index contributed by atoms with van der Waals surface area (Å²) in [5.74, 6) is -0.651. The highest BCUT2D eigenvalue weighted by atomic mass is 32.1. The van der Waals surface area contributed by atoms with Gasteiger partial charge in [0, 0.05) is 23.2 Å². The number of aromatic nitrogens is 3. The summed E-state index contributed by atoms with van der Waals surface area (Å²) < 4.78 is 3.90. The molecule has 1 aliphatic rings. The number of hydrogen-bond acceptors (Lipinski definition) is 6. The summed E-state index contributed by atoms with van der Waals surface area (Å²) in [6.45, 7) is 0. The van der Waals surface area contributed by atoms with Crippen molar-refractivity contribution in [3.05, 3.63) is 95.8 Å². The second kappa shape index (κ2) is 11.2. The lowest BCUT2D eigenvalue weighted by molar-refractivity contribution is -0.123. The minimum Gasteiger partial charge on any atom is -0.351 e. The Morgan fingerprint density at radius 3 is 2.39 bits per heavy atom. The van der Waals surface area contributed by atoms with E-state index in [0.717, 1.165) is 48.3 Å². The van der Waals surface area contributed by atoms with Gasteiger partial charge in [-0.05, 0) is 48.1 Å². The highest BCUT2D eigenvalue weighted by Gasteiger charge is 2.37. The second-order valence-corrected chi connectivity index (χ2v) is 9.46. The lowest BCUT2D eigenvalue weighted by atomic mass is 9.94. The average molecular weight is 498 g/mol. The first-order valence-electron chi connectivity index (χ1n) is 12.2. The summed E-state index contributed by atoms with van der Waals surface area (Å²) in [7, 11) is 0. The van der Waals surface area contributed by atoms with Crippen LogP contribution in [0.25, 0.3) is 11.1 Å². The van der Waals surface area contributed by atoms with Crippen LogP contribution in [0.5, 0.6) is 0 Å². The molecule has 4 aromatic rings. The van der Waals surface area contributed by atoms with E-state index in [1.165, 1.54) is 11.3 Å². The third kappa shape index (κ3) is 5.18. The maximum Gasteiger partial charge on any atom is 0.280 e. The Bertz CT molecular complexity index is 1290. The zero-order valence-electron chi connectivity index (χ0n) is 19.8. The van der Waals surface area contributed by atoms with Crippen LogP contribution in [0.15, 0.2) is 84.4 Å². The van der Waals surface area contributed by atoms with Crippen LogP contribution in [0.2, 0.25) is 0 Å². The Balaban J connectivity index is 1.65. The van der Waals surface area contributed by atoms with Crippen molar-refractivity contribution in [3.63, 3.8) is 0 Å². The van der Waals surface area contributed by atoms with Crippen molar-refractivity contribution in [3.8, 4) is 11.1 Å². The van der Waals surface area contributed by atoms with E-state index in [2.05, 4.69) is 19.9 Å². The number of nitrogens with zero attached hydrogens (tertiary/aromatic N) is 4. The topological polar surface area (TPSA) is 88.1 Å². The van der Waals surface area contributed by atoms with Gasteiger partial charge in [-0.25, -0.2) is 0 Å². The van der Waals surface area contributed by atoms with Crippen LogP contribution in [0.1, 0.15) is 54.3 Å². The molecule has 2 amide bonds. The summed E-state index contributed by atoms with van der Waals surface area (Å²) in [5.41, 5.74) is 3.06. The van der Waals surface area contributed by atoms with Crippen LogP contribution in [-0.4, -0.2) is 32.4 Å². The standard InChI is InChI=1S/C28H27N5O2S/c34-27(30-21-13-5-2-6-14-21)26(23-16-9-10-18-29-23)33(28(35)24-19-36-32-31-24)25-17-8-7-15-22(25)20-11-3-1-4-12-20/h1,3-4,7-12,15-19,21,26H,2,5-6,13-14H2,(H,30,34)/t26-/m1/s1. The molecular weight excluding hydrogens is 470 g/mol. The number of carbonyl (C=O) groups is 2. The summed E-state index contributed by atoms with van der Waals surface area (Å²) in [6, 6.07) is 22.0. The Labute approximate surface area is 214 Å². The molecule has 0 aliphatic heterocycles. The minimum absolute atomic E-state index is 0.0831. The zero-order valence-corrected chi connectivity index (χ0v) is 20.6. The highest BCUT2D eigenvalue weighted by molar-refractivity contribution is 7.03. The van der Waals surface area contributed by atoms with Gasteiger partial charge in [0.05, 0.1) is 11.4 Å². The molecule has 1 aliphatic carbocycles. The van der Waals surface area contributed by atoms with Crippen molar-refractivity contribution in [2.45, 2.75) is 44.2 Å².